The molecule has 0 atom stereocenters. The highest BCUT2D eigenvalue weighted by Crippen LogP contribution is 2.23. The number of aryl methyl sites for hydroxylation is 1. The molecule has 4 heteroatoms. The van der Waals surface area contributed by atoms with Gasteiger partial charge in [-0.15, -0.1) is 0 Å². The number of rotatable bonds is 1. The van der Waals surface area contributed by atoms with Gasteiger partial charge in [0, 0.05) is 23.7 Å². The van der Waals surface area contributed by atoms with Crippen LogP contribution in [0.1, 0.15) is 17.7 Å². The zero-order chi connectivity index (χ0) is 9.38. The summed E-state index contributed by atoms with van der Waals surface area (Å²) in [6, 6.07) is 1.91. The molecule has 1 aliphatic rings. The lowest BCUT2D eigenvalue weighted by Gasteiger charge is -2.05. The Balaban J connectivity index is 2.20. The Morgan fingerprint density at radius 1 is 1.21 bits per heavy atom. The predicted molar refractivity (Wildman–Crippen MR) is 51.2 cm³/mol. The molecule has 2 aromatic heterocycles. The molecule has 0 fully saturated rings. The van der Waals surface area contributed by atoms with E-state index >= 15 is 0 Å². The maximum Gasteiger partial charge on any atom is 0.160 e. The van der Waals surface area contributed by atoms with Crippen molar-refractivity contribution in [3.8, 4) is 5.82 Å². The smallest absolute Gasteiger partial charge is 0.160 e. The van der Waals surface area contributed by atoms with Gasteiger partial charge in [0.2, 0.25) is 0 Å². The summed E-state index contributed by atoms with van der Waals surface area (Å²) < 4.78 is 1.81. The summed E-state index contributed by atoms with van der Waals surface area (Å²) in [5, 5.41) is 4.19. The third-order valence-corrected chi connectivity index (χ3v) is 2.57. The van der Waals surface area contributed by atoms with Crippen LogP contribution in [0.4, 0.5) is 0 Å². The minimum Gasteiger partial charge on any atom is -0.241 e. The van der Waals surface area contributed by atoms with Gasteiger partial charge in [0.15, 0.2) is 5.82 Å². The highest BCUT2D eigenvalue weighted by molar-refractivity contribution is 5.38. The third kappa shape index (κ3) is 1.04. The molecule has 0 spiro atoms. The fourth-order valence-electron chi connectivity index (χ4n) is 1.93. The standard InChI is InChI=1S/C10H10N4/c1-3-8-9(4-1)11-7-12-10(8)14-6-2-5-13-14/h2,5-7H,1,3-4H2. The molecule has 14 heavy (non-hydrogen) atoms. The number of fused-ring (bicyclic) bond motifs is 1. The van der Waals surface area contributed by atoms with Crippen LogP contribution in [0.15, 0.2) is 24.8 Å². The fourth-order valence-corrected chi connectivity index (χ4v) is 1.93. The van der Waals surface area contributed by atoms with Gasteiger partial charge in [-0.05, 0) is 25.3 Å². The number of hydrogen-bond donors (Lipinski definition) is 0. The van der Waals surface area contributed by atoms with Gasteiger partial charge in [0.25, 0.3) is 0 Å². The molecular weight excluding hydrogens is 176 g/mol. The molecule has 1 aliphatic carbocycles. The molecule has 2 heterocycles. The first-order valence-corrected chi connectivity index (χ1v) is 4.78. The van der Waals surface area contributed by atoms with E-state index in [0.717, 1.165) is 18.7 Å². The third-order valence-electron chi connectivity index (χ3n) is 2.57. The van der Waals surface area contributed by atoms with Crippen LogP contribution >= 0.6 is 0 Å². The van der Waals surface area contributed by atoms with Gasteiger partial charge in [-0.1, -0.05) is 0 Å². The van der Waals surface area contributed by atoms with Gasteiger partial charge in [0.1, 0.15) is 6.33 Å². The van der Waals surface area contributed by atoms with Gasteiger partial charge in [-0.3, -0.25) is 0 Å². The van der Waals surface area contributed by atoms with Crippen molar-refractivity contribution in [2.24, 2.45) is 0 Å². The molecule has 0 saturated heterocycles. The van der Waals surface area contributed by atoms with E-state index in [0.29, 0.717) is 0 Å². The quantitative estimate of drug-likeness (QED) is 0.671. The summed E-state index contributed by atoms with van der Waals surface area (Å²) in [7, 11) is 0. The Labute approximate surface area is 81.6 Å². The second-order valence-electron chi connectivity index (χ2n) is 3.43. The van der Waals surface area contributed by atoms with Crippen LogP contribution in [0.3, 0.4) is 0 Å². The van der Waals surface area contributed by atoms with E-state index in [1.54, 1.807) is 12.5 Å². The molecule has 0 amide bonds. The highest BCUT2D eigenvalue weighted by atomic mass is 15.3. The molecule has 0 saturated carbocycles. The molecule has 70 valence electrons. The zero-order valence-electron chi connectivity index (χ0n) is 7.72. The average Bonchev–Trinajstić information content (AvgIpc) is 2.88. The molecule has 4 nitrogen and oxygen atoms in total. The Morgan fingerprint density at radius 3 is 3.07 bits per heavy atom. The van der Waals surface area contributed by atoms with E-state index in [2.05, 4.69) is 15.1 Å². The van der Waals surface area contributed by atoms with Crippen molar-refractivity contribution in [1.29, 1.82) is 0 Å². The van der Waals surface area contributed by atoms with E-state index in [4.69, 9.17) is 0 Å². The maximum atomic E-state index is 4.28. The summed E-state index contributed by atoms with van der Waals surface area (Å²) >= 11 is 0. The minimum absolute atomic E-state index is 0.942. The first-order valence-electron chi connectivity index (χ1n) is 4.78. The molecule has 0 unspecified atom stereocenters. The molecule has 0 N–H and O–H groups in total. The minimum atomic E-state index is 0.942. The van der Waals surface area contributed by atoms with Gasteiger partial charge in [-0.2, -0.15) is 5.10 Å². The monoisotopic (exact) mass is 186 g/mol. The Hall–Kier alpha value is -1.71. The molecular formula is C10H10N4. The summed E-state index contributed by atoms with van der Waals surface area (Å²) in [4.78, 5) is 8.56. The highest BCUT2D eigenvalue weighted by Gasteiger charge is 2.17. The number of nitrogens with zero attached hydrogens (tertiary/aromatic N) is 4. The van der Waals surface area contributed by atoms with Crippen LogP contribution < -0.4 is 0 Å². The normalized spacial score (nSPS) is 14.3. The van der Waals surface area contributed by atoms with E-state index in [1.165, 1.54) is 17.7 Å². The van der Waals surface area contributed by atoms with Crippen LogP contribution in [-0.2, 0) is 12.8 Å². The van der Waals surface area contributed by atoms with Crippen molar-refractivity contribution in [3.63, 3.8) is 0 Å². The van der Waals surface area contributed by atoms with Crippen molar-refractivity contribution in [1.82, 2.24) is 19.7 Å². The zero-order valence-corrected chi connectivity index (χ0v) is 7.72. The van der Waals surface area contributed by atoms with Crippen molar-refractivity contribution < 1.29 is 0 Å². The van der Waals surface area contributed by atoms with Crippen LogP contribution in [0.2, 0.25) is 0 Å². The van der Waals surface area contributed by atoms with E-state index in [9.17, 15) is 0 Å². The predicted octanol–water partition coefficient (Wildman–Crippen LogP) is 1.15. The largest absolute Gasteiger partial charge is 0.241 e. The lowest BCUT2D eigenvalue weighted by Crippen LogP contribution is -2.04. The molecule has 3 rings (SSSR count). The average molecular weight is 186 g/mol. The molecule has 2 aromatic rings. The van der Waals surface area contributed by atoms with Crippen molar-refractivity contribution in [2.45, 2.75) is 19.3 Å². The maximum absolute atomic E-state index is 4.28. The number of aromatic nitrogens is 4. The number of hydrogen-bond acceptors (Lipinski definition) is 3. The van der Waals surface area contributed by atoms with Crippen molar-refractivity contribution in [3.05, 3.63) is 36.0 Å². The van der Waals surface area contributed by atoms with Crippen LogP contribution in [0.25, 0.3) is 5.82 Å². The van der Waals surface area contributed by atoms with Crippen LogP contribution in [0, 0.1) is 0 Å². The molecule has 0 bridgehead atoms. The Bertz CT molecular complexity index is 447. The second kappa shape index (κ2) is 2.90. The van der Waals surface area contributed by atoms with Gasteiger partial charge >= 0.3 is 0 Å². The van der Waals surface area contributed by atoms with Crippen molar-refractivity contribution >= 4 is 0 Å². The SMILES string of the molecule is c1cnn(-c2ncnc3c2CCC3)c1. The fraction of sp³-hybridized carbons (Fsp3) is 0.300. The summed E-state index contributed by atoms with van der Waals surface area (Å²) in [5.74, 6) is 0.942. The lowest BCUT2D eigenvalue weighted by molar-refractivity contribution is 0.819. The van der Waals surface area contributed by atoms with E-state index in [1.807, 2.05) is 16.9 Å². The Morgan fingerprint density at radius 2 is 2.21 bits per heavy atom. The first kappa shape index (κ1) is 7.67. The summed E-state index contributed by atoms with van der Waals surface area (Å²) in [5.41, 5.74) is 2.45. The summed E-state index contributed by atoms with van der Waals surface area (Å²) in [6.07, 6.45) is 8.64. The van der Waals surface area contributed by atoms with E-state index < -0.39 is 0 Å². The van der Waals surface area contributed by atoms with Gasteiger partial charge < -0.3 is 0 Å². The topological polar surface area (TPSA) is 43.6 Å². The molecule has 0 radical (unpaired) electrons. The molecule has 0 aromatic carbocycles. The first-order chi connectivity index (χ1) is 6.95. The van der Waals surface area contributed by atoms with Gasteiger partial charge in [0.05, 0.1) is 0 Å². The van der Waals surface area contributed by atoms with Gasteiger partial charge in [-0.25, -0.2) is 14.6 Å². The Kier molecular flexibility index (Phi) is 1.59. The van der Waals surface area contributed by atoms with Crippen LogP contribution in [0.5, 0.6) is 0 Å². The van der Waals surface area contributed by atoms with E-state index in [-0.39, 0.29) is 0 Å². The second-order valence-corrected chi connectivity index (χ2v) is 3.43. The molecule has 0 aliphatic heterocycles. The van der Waals surface area contributed by atoms with Crippen LogP contribution in [-0.4, -0.2) is 19.7 Å². The summed E-state index contributed by atoms with van der Waals surface area (Å²) in [6.45, 7) is 0. The lowest BCUT2D eigenvalue weighted by atomic mass is 10.2. The van der Waals surface area contributed by atoms with Crippen molar-refractivity contribution in [2.75, 3.05) is 0 Å².